The van der Waals surface area contributed by atoms with E-state index in [0.29, 0.717) is 13.2 Å². The monoisotopic (exact) mass is 269 g/mol. The van der Waals surface area contributed by atoms with Crippen molar-refractivity contribution in [3.05, 3.63) is 64.2 Å². The number of fused-ring (bicyclic) bond motifs is 1. The minimum absolute atomic E-state index is 0.143. The molecule has 0 fully saturated rings. The van der Waals surface area contributed by atoms with Crippen molar-refractivity contribution in [2.45, 2.75) is 26.2 Å². The second-order valence-electron chi connectivity index (χ2n) is 5.23. The molecule has 0 amide bonds. The Hall–Kier alpha value is -1.84. The number of ether oxygens (including phenoxy) is 2. The molecular weight excluding hydrogens is 250 g/mol. The van der Waals surface area contributed by atoms with Gasteiger partial charge in [-0.05, 0) is 40.8 Å². The van der Waals surface area contributed by atoms with Crippen molar-refractivity contribution in [1.82, 2.24) is 0 Å². The standard InChI is InChI=1S/C17H19NO2/c1-11-3-4-13(8-16(11)19-2)17(18)12-5-6-14-9-20-10-15(14)7-12/h3-8,17H,9-10,18H2,1-2H3. The van der Waals surface area contributed by atoms with E-state index in [0.717, 1.165) is 22.4 Å². The van der Waals surface area contributed by atoms with Crippen LogP contribution in [-0.4, -0.2) is 7.11 Å². The maximum Gasteiger partial charge on any atom is 0.122 e. The van der Waals surface area contributed by atoms with E-state index in [-0.39, 0.29) is 6.04 Å². The van der Waals surface area contributed by atoms with Crippen LogP contribution in [0.15, 0.2) is 36.4 Å². The number of benzene rings is 2. The van der Waals surface area contributed by atoms with Crippen LogP contribution in [0, 0.1) is 6.92 Å². The summed E-state index contributed by atoms with van der Waals surface area (Å²) in [6.07, 6.45) is 0. The summed E-state index contributed by atoms with van der Waals surface area (Å²) in [5.41, 5.74) is 12.2. The van der Waals surface area contributed by atoms with E-state index in [9.17, 15) is 0 Å². The van der Waals surface area contributed by atoms with Gasteiger partial charge in [-0.3, -0.25) is 0 Å². The molecule has 0 radical (unpaired) electrons. The van der Waals surface area contributed by atoms with Crippen molar-refractivity contribution in [2.24, 2.45) is 5.73 Å². The van der Waals surface area contributed by atoms with Gasteiger partial charge in [0.05, 0.1) is 26.4 Å². The van der Waals surface area contributed by atoms with E-state index in [1.54, 1.807) is 7.11 Å². The summed E-state index contributed by atoms with van der Waals surface area (Å²) < 4.78 is 10.8. The average Bonchev–Trinajstić information content (AvgIpc) is 2.94. The third-order valence-corrected chi connectivity index (χ3v) is 3.90. The molecule has 1 heterocycles. The molecule has 2 N–H and O–H groups in total. The number of nitrogens with two attached hydrogens (primary N) is 1. The molecule has 3 rings (SSSR count). The van der Waals surface area contributed by atoms with Crippen LogP contribution >= 0.6 is 0 Å². The van der Waals surface area contributed by atoms with Gasteiger partial charge >= 0.3 is 0 Å². The lowest BCUT2D eigenvalue weighted by Crippen LogP contribution is -2.12. The smallest absolute Gasteiger partial charge is 0.122 e. The van der Waals surface area contributed by atoms with Crippen molar-refractivity contribution in [3.63, 3.8) is 0 Å². The highest BCUT2D eigenvalue weighted by Crippen LogP contribution is 2.28. The zero-order valence-corrected chi connectivity index (χ0v) is 11.8. The SMILES string of the molecule is COc1cc(C(N)c2ccc3c(c2)COC3)ccc1C. The van der Waals surface area contributed by atoms with E-state index >= 15 is 0 Å². The molecular formula is C17H19NO2. The first-order valence-corrected chi connectivity index (χ1v) is 6.78. The molecule has 1 aliphatic rings. The fourth-order valence-corrected chi connectivity index (χ4v) is 2.61. The Morgan fingerprint density at radius 3 is 2.55 bits per heavy atom. The van der Waals surface area contributed by atoms with Crippen molar-refractivity contribution in [1.29, 1.82) is 0 Å². The van der Waals surface area contributed by atoms with Crippen LogP contribution in [0.4, 0.5) is 0 Å². The predicted octanol–water partition coefficient (Wildman–Crippen LogP) is 3.08. The molecule has 0 aliphatic carbocycles. The highest BCUT2D eigenvalue weighted by molar-refractivity contribution is 5.43. The molecule has 20 heavy (non-hydrogen) atoms. The van der Waals surface area contributed by atoms with E-state index in [1.807, 2.05) is 19.1 Å². The Morgan fingerprint density at radius 1 is 1.05 bits per heavy atom. The Balaban J connectivity index is 1.94. The van der Waals surface area contributed by atoms with Gasteiger partial charge in [0.15, 0.2) is 0 Å². The lowest BCUT2D eigenvalue weighted by molar-refractivity contribution is 0.134. The van der Waals surface area contributed by atoms with Crippen molar-refractivity contribution < 1.29 is 9.47 Å². The summed E-state index contributed by atoms with van der Waals surface area (Å²) in [6.45, 7) is 3.43. The molecule has 0 saturated heterocycles. The number of rotatable bonds is 3. The van der Waals surface area contributed by atoms with Gasteiger partial charge in [-0.25, -0.2) is 0 Å². The topological polar surface area (TPSA) is 44.5 Å². The molecule has 1 unspecified atom stereocenters. The van der Waals surface area contributed by atoms with E-state index in [4.69, 9.17) is 15.2 Å². The number of methoxy groups -OCH3 is 1. The number of hydrogen-bond acceptors (Lipinski definition) is 3. The lowest BCUT2D eigenvalue weighted by Gasteiger charge is -2.15. The molecule has 0 bridgehead atoms. The molecule has 2 aromatic carbocycles. The molecule has 104 valence electrons. The molecule has 2 aromatic rings. The predicted molar refractivity (Wildman–Crippen MR) is 78.7 cm³/mol. The van der Waals surface area contributed by atoms with Gasteiger partial charge in [0.1, 0.15) is 5.75 Å². The first-order valence-electron chi connectivity index (χ1n) is 6.78. The van der Waals surface area contributed by atoms with Crippen LogP contribution in [-0.2, 0) is 18.0 Å². The molecule has 1 aliphatic heterocycles. The van der Waals surface area contributed by atoms with Gasteiger partial charge in [0.25, 0.3) is 0 Å². The summed E-state index contributed by atoms with van der Waals surface area (Å²) in [6, 6.07) is 12.3. The average molecular weight is 269 g/mol. The van der Waals surface area contributed by atoms with Crippen molar-refractivity contribution >= 4 is 0 Å². The number of aryl methyl sites for hydroxylation is 1. The summed E-state index contributed by atoms with van der Waals surface area (Å²) in [5.74, 6) is 0.877. The summed E-state index contributed by atoms with van der Waals surface area (Å²) >= 11 is 0. The summed E-state index contributed by atoms with van der Waals surface area (Å²) in [4.78, 5) is 0. The largest absolute Gasteiger partial charge is 0.496 e. The number of hydrogen-bond donors (Lipinski definition) is 1. The minimum Gasteiger partial charge on any atom is -0.496 e. The Labute approximate surface area is 119 Å². The molecule has 0 saturated carbocycles. The van der Waals surface area contributed by atoms with Gasteiger partial charge in [0.2, 0.25) is 0 Å². The minimum atomic E-state index is -0.143. The third kappa shape index (κ3) is 2.30. The normalized spacial score (nSPS) is 14.9. The second kappa shape index (κ2) is 5.27. The van der Waals surface area contributed by atoms with Crippen LogP contribution in [0.1, 0.15) is 33.9 Å². The Morgan fingerprint density at radius 2 is 1.75 bits per heavy atom. The summed E-state index contributed by atoms with van der Waals surface area (Å²) in [5, 5.41) is 0. The first-order chi connectivity index (χ1) is 9.69. The van der Waals surface area contributed by atoms with Crippen LogP contribution < -0.4 is 10.5 Å². The van der Waals surface area contributed by atoms with E-state index in [2.05, 4.69) is 24.3 Å². The molecule has 1 atom stereocenters. The maximum atomic E-state index is 6.39. The van der Waals surface area contributed by atoms with Gasteiger partial charge < -0.3 is 15.2 Å². The first kappa shape index (κ1) is 13.2. The zero-order valence-electron chi connectivity index (χ0n) is 11.8. The quantitative estimate of drug-likeness (QED) is 0.931. The van der Waals surface area contributed by atoms with Gasteiger partial charge in [-0.2, -0.15) is 0 Å². The van der Waals surface area contributed by atoms with Crippen molar-refractivity contribution in [3.8, 4) is 5.75 Å². The summed E-state index contributed by atoms with van der Waals surface area (Å²) in [7, 11) is 1.68. The van der Waals surface area contributed by atoms with Crippen LogP contribution in [0.5, 0.6) is 5.75 Å². The lowest BCUT2D eigenvalue weighted by atomic mass is 9.95. The van der Waals surface area contributed by atoms with Crippen molar-refractivity contribution in [2.75, 3.05) is 7.11 Å². The maximum absolute atomic E-state index is 6.39. The van der Waals surface area contributed by atoms with E-state index < -0.39 is 0 Å². The Kier molecular flexibility index (Phi) is 3.47. The highest BCUT2D eigenvalue weighted by Gasteiger charge is 2.16. The Bertz CT molecular complexity index is 626. The fourth-order valence-electron chi connectivity index (χ4n) is 2.61. The molecule has 3 heteroatoms. The third-order valence-electron chi connectivity index (χ3n) is 3.90. The van der Waals surface area contributed by atoms with Gasteiger partial charge in [-0.1, -0.05) is 30.3 Å². The van der Waals surface area contributed by atoms with Crippen LogP contribution in [0.25, 0.3) is 0 Å². The highest BCUT2D eigenvalue weighted by atomic mass is 16.5. The molecule has 0 aromatic heterocycles. The molecule has 0 spiro atoms. The fraction of sp³-hybridized carbons (Fsp3) is 0.294. The van der Waals surface area contributed by atoms with E-state index in [1.165, 1.54) is 11.1 Å². The van der Waals surface area contributed by atoms with Crippen LogP contribution in [0.2, 0.25) is 0 Å². The van der Waals surface area contributed by atoms with Gasteiger partial charge in [0, 0.05) is 0 Å². The second-order valence-corrected chi connectivity index (χ2v) is 5.23. The van der Waals surface area contributed by atoms with Crippen LogP contribution in [0.3, 0.4) is 0 Å². The zero-order chi connectivity index (χ0) is 14.1. The van der Waals surface area contributed by atoms with Gasteiger partial charge in [-0.15, -0.1) is 0 Å². The molecule has 3 nitrogen and oxygen atoms in total.